The van der Waals surface area contributed by atoms with Crippen molar-refractivity contribution >= 4 is 46.4 Å². The van der Waals surface area contributed by atoms with E-state index in [9.17, 15) is 24.3 Å². The van der Waals surface area contributed by atoms with Crippen molar-refractivity contribution in [1.82, 2.24) is 36.6 Å². The molecule has 0 aliphatic carbocycles. The Morgan fingerprint density at radius 3 is 2.05 bits per heavy atom. The fourth-order valence-corrected chi connectivity index (χ4v) is 8.12. The van der Waals surface area contributed by atoms with E-state index in [1.165, 1.54) is 11.8 Å². The van der Waals surface area contributed by atoms with Gasteiger partial charge in [-0.3, -0.25) is 24.5 Å². The molecule has 13 heteroatoms. The van der Waals surface area contributed by atoms with Gasteiger partial charge in [0.1, 0.15) is 17.9 Å². The van der Waals surface area contributed by atoms with Gasteiger partial charge in [0.25, 0.3) is 0 Å². The fraction of sp³-hybridized carbons (Fsp3) is 0.310. The van der Waals surface area contributed by atoms with Crippen LogP contribution in [0, 0.1) is 0 Å². The number of nitrogens with one attached hydrogen (secondary N) is 6. The molecule has 2 heterocycles. The van der Waals surface area contributed by atoms with Crippen LogP contribution in [0.25, 0.3) is 11.0 Å². The van der Waals surface area contributed by atoms with E-state index < -0.39 is 52.1 Å². The Hall–Kier alpha value is -5.50. The number of rotatable bonds is 16. The average Bonchev–Trinajstić information content (AvgIpc) is 3.75. The lowest BCUT2D eigenvalue weighted by Crippen LogP contribution is -2.59. The monoisotopic (exact) mass is 761 g/mol. The first kappa shape index (κ1) is 39.2. The second kappa shape index (κ2) is 18.2. The predicted octanol–water partition coefficient (Wildman–Crippen LogP) is 3.51. The van der Waals surface area contributed by atoms with Gasteiger partial charge in [-0.05, 0) is 49.1 Å². The fourth-order valence-electron chi connectivity index (χ4n) is 6.62. The van der Waals surface area contributed by atoms with E-state index in [4.69, 9.17) is 0 Å². The molecule has 4 aromatic carbocycles. The zero-order valence-electron chi connectivity index (χ0n) is 30.8. The van der Waals surface area contributed by atoms with E-state index in [1.807, 2.05) is 129 Å². The molecule has 1 fully saturated rings. The van der Waals surface area contributed by atoms with E-state index in [0.29, 0.717) is 5.82 Å². The van der Waals surface area contributed by atoms with E-state index in [-0.39, 0.29) is 38.3 Å². The van der Waals surface area contributed by atoms with Crippen molar-refractivity contribution in [2.24, 2.45) is 0 Å². The molecule has 1 aliphatic heterocycles. The number of H-pyrrole nitrogens is 1. The van der Waals surface area contributed by atoms with Gasteiger partial charge in [-0.2, -0.15) is 0 Å². The first-order valence-corrected chi connectivity index (χ1v) is 19.2. The summed E-state index contributed by atoms with van der Waals surface area (Å²) >= 11 is 1.38. The zero-order chi connectivity index (χ0) is 38.8. The van der Waals surface area contributed by atoms with Gasteiger partial charge in [0.05, 0.1) is 47.9 Å². The van der Waals surface area contributed by atoms with Gasteiger partial charge < -0.3 is 31.4 Å². The summed E-state index contributed by atoms with van der Waals surface area (Å²) in [6.45, 7) is 4.21. The lowest BCUT2D eigenvalue weighted by molar-refractivity contribution is -0.129. The lowest BCUT2D eigenvalue weighted by atomic mass is 9.96. The van der Waals surface area contributed by atoms with Crippen LogP contribution in [0.4, 0.5) is 0 Å². The Morgan fingerprint density at radius 1 is 0.764 bits per heavy atom. The van der Waals surface area contributed by atoms with Crippen LogP contribution in [0.5, 0.6) is 0 Å². The highest BCUT2D eigenvalue weighted by Gasteiger charge is 2.49. The van der Waals surface area contributed by atoms with Gasteiger partial charge in [0.15, 0.2) is 0 Å². The maximum atomic E-state index is 14.2. The Kier molecular flexibility index (Phi) is 13.0. The standard InChI is InChI=1S/C42H47N7O5S/c1-42(2)38(49-41(55-42)37(39(53)44-25-29-18-10-5-11-19-29)48-36(52)23-28-16-8-4-9-17-28)40(54)47-32(22-27-14-6-3-7-15-27)33(50)24-35(51)43-26-34-45-30-20-12-13-21-31(30)46-34/h3-21,32-33,37-38,41,49-50H,22-26H2,1-2H3,(H,43,51)(H,44,53)(H,45,46)(H,47,54)(H,48,52)/t32?,33?,37-,38+,41-/m1/s1. The summed E-state index contributed by atoms with van der Waals surface area (Å²) in [5, 5.41) is 25.8. The second-order valence-electron chi connectivity index (χ2n) is 14.2. The summed E-state index contributed by atoms with van der Waals surface area (Å²) < 4.78 is -0.733. The van der Waals surface area contributed by atoms with Crippen molar-refractivity contribution in [2.75, 3.05) is 0 Å². The van der Waals surface area contributed by atoms with Crippen LogP contribution in [0.15, 0.2) is 115 Å². The molecule has 0 radical (unpaired) electrons. The molecule has 5 aromatic rings. The molecule has 286 valence electrons. The van der Waals surface area contributed by atoms with Crippen molar-refractivity contribution in [2.45, 2.75) is 80.5 Å². The number of nitrogens with zero attached hydrogens (tertiary/aromatic N) is 1. The number of thioether (sulfide) groups is 1. The summed E-state index contributed by atoms with van der Waals surface area (Å²) in [5.41, 5.74) is 4.22. The zero-order valence-corrected chi connectivity index (χ0v) is 31.6. The number of aliphatic hydroxyl groups excluding tert-OH is 1. The number of aliphatic hydroxyl groups is 1. The number of hydrogen-bond donors (Lipinski definition) is 7. The number of carbonyl (C=O) groups is 4. The summed E-state index contributed by atoms with van der Waals surface area (Å²) in [6, 6.07) is 33.1. The van der Waals surface area contributed by atoms with Crippen LogP contribution < -0.4 is 26.6 Å². The number of amides is 4. The largest absolute Gasteiger partial charge is 0.390 e. The minimum Gasteiger partial charge on any atom is -0.390 e. The lowest BCUT2D eigenvalue weighted by Gasteiger charge is -2.29. The highest BCUT2D eigenvalue weighted by atomic mass is 32.2. The number of fused-ring (bicyclic) bond motifs is 1. The molecule has 55 heavy (non-hydrogen) atoms. The van der Waals surface area contributed by atoms with Gasteiger partial charge in [0.2, 0.25) is 23.6 Å². The summed E-state index contributed by atoms with van der Waals surface area (Å²) in [7, 11) is 0. The Morgan fingerprint density at radius 2 is 1.38 bits per heavy atom. The molecule has 1 aliphatic rings. The quantitative estimate of drug-likeness (QED) is 0.0800. The van der Waals surface area contributed by atoms with Gasteiger partial charge in [-0.25, -0.2) is 4.98 Å². The van der Waals surface area contributed by atoms with Gasteiger partial charge >= 0.3 is 0 Å². The third-order valence-electron chi connectivity index (χ3n) is 9.51. The molecule has 1 aromatic heterocycles. The van der Waals surface area contributed by atoms with Gasteiger partial charge in [-0.1, -0.05) is 103 Å². The van der Waals surface area contributed by atoms with Crippen LogP contribution in [0.2, 0.25) is 0 Å². The molecule has 7 N–H and O–H groups in total. The molecule has 6 rings (SSSR count). The highest BCUT2D eigenvalue weighted by molar-refractivity contribution is 8.01. The summed E-state index contributed by atoms with van der Waals surface area (Å²) in [6.07, 6.45) is -1.12. The minimum atomic E-state index is -1.22. The molecule has 4 amide bonds. The Labute approximate surface area is 324 Å². The van der Waals surface area contributed by atoms with Crippen molar-refractivity contribution in [3.8, 4) is 0 Å². The molecule has 0 spiro atoms. The first-order chi connectivity index (χ1) is 26.5. The van der Waals surface area contributed by atoms with Crippen LogP contribution in [-0.2, 0) is 45.1 Å². The molecule has 0 saturated carbocycles. The van der Waals surface area contributed by atoms with Crippen LogP contribution in [0.1, 0.15) is 42.8 Å². The van der Waals surface area contributed by atoms with Crippen LogP contribution in [0.3, 0.4) is 0 Å². The van der Waals surface area contributed by atoms with Crippen LogP contribution in [-0.4, -0.2) is 73.1 Å². The van der Waals surface area contributed by atoms with E-state index in [2.05, 4.69) is 36.6 Å². The number of aromatic amines is 1. The molecule has 5 atom stereocenters. The number of para-hydroxylation sites is 2. The summed E-state index contributed by atoms with van der Waals surface area (Å²) in [5.74, 6) is -0.933. The Bertz CT molecular complexity index is 2030. The van der Waals surface area contributed by atoms with E-state index in [0.717, 1.165) is 27.7 Å². The molecule has 2 unspecified atom stereocenters. The van der Waals surface area contributed by atoms with Crippen molar-refractivity contribution in [1.29, 1.82) is 0 Å². The third-order valence-corrected chi connectivity index (χ3v) is 11.0. The number of imidazole rings is 1. The SMILES string of the molecule is CC1(C)S[C@H]([C@H](NC(=O)Cc2ccccc2)C(=O)NCc2ccccc2)N[C@H]1C(=O)NC(Cc1ccccc1)C(O)CC(=O)NCc1nc2ccccc2[nH]1. The maximum Gasteiger partial charge on any atom is 0.245 e. The molecular weight excluding hydrogens is 715 g/mol. The van der Waals surface area contributed by atoms with E-state index >= 15 is 0 Å². The first-order valence-electron chi connectivity index (χ1n) is 18.4. The average molecular weight is 762 g/mol. The number of benzene rings is 4. The number of carbonyl (C=O) groups excluding carboxylic acids is 4. The van der Waals surface area contributed by atoms with Crippen molar-refractivity contribution < 1.29 is 24.3 Å². The normalized spacial score (nSPS) is 17.8. The van der Waals surface area contributed by atoms with Crippen LogP contribution >= 0.6 is 11.8 Å². The smallest absolute Gasteiger partial charge is 0.245 e. The maximum absolute atomic E-state index is 14.2. The van der Waals surface area contributed by atoms with Crippen molar-refractivity contribution in [3.63, 3.8) is 0 Å². The Balaban J connectivity index is 1.14. The number of hydrogen-bond acceptors (Lipinski definition) is 8. The molecule has 0 bridgehead atoms. The number of aromatic nitrogens is 2. The van der Waals surface area contributed by atoms with Crippen molar-refractivity contribution in [3.05, 3.63) is 138 Å². The van der Waals surface area contributed by atoms with Gasteiger partial charge in [0, 0.05) is 11.3 Å². The van der Waals surface area contributed by atoms with Gasteiger partial charge in [-0.15, -0.1) is 11.8 Å². The predicted molar refractivity (Wildman–Crippen MR) is 213 cm³/mol. The topological polar surface area (TPSA) is 177 Å². The molecule has 1 saturated heterocycles. The second-order valence-corrected chi connectivity index (χ2v) is 16.0. The minimum absolute atomic E-state index is 0.0822. The highest BCUT2D eigenvalue weighted by Crippen LogP contribution is 2.39. The molecular formula is C42H47N7O5S. The summed E-state index contributed by atoms with van der Waals surface area (Å²) in [4.78, 5) is 62.0. The van der Waals surface area contributed by atoms with E-state index in [1.54, 1.807) is 0 Å². The third kappa shape index (κ3) is 10.8. The molecule has 12 nitrogen and oxygen atoms in total.